The molecule has 0 amide bonds. The lowest BCUT2D eigenvalue weighted by Crippen LogP contribution is -2.20. The number of carboxylic acids is 1. The molecule has 1 saturated heterocycles. The van der Waals surface area contributed by atoms with Gasteiger partial charge in [0.25, 0.3) is 0 Å². The van der Waals surface area contributed by atoms with Gasteiger partial charge in [0, 0.05) is 12.6 Å². The normalized spacial score (nSPS) is 28.1. The number of hydrogen-bond donors (Lipinski definition) is 1. The number of carboxylic acid groups (broad SMARTS) is 1. The number of nitrogens with zero attached hydrogens (tertiary/aromatic N) is 1. The first kappa shape index (κ1) is 9.68. The molecule has 2 heterocycles. The summed E-state index contributed by atoms with van der Waals surface area (Å²) in [5.41, 5.74) is 1.25. The fourth-order valence-corrected chi connectivity index (χ4v) is 2.74. The van der Waals surface area contributed by atoms with Gasteiger partial charge in [-0.25, -0.2) is 0 Å². The lowest BCUT2D eigenvalue weighted by molar-refractivity contribution is -0.141. The maximum atomic E-state index is 10.8. The SMILES string of the molecule is CN1C[C@@H](C(=O)O)C[C@@H]1c1ccsc1. The summed E-state index contributed by atoms with van der Waals surface area (Å²) in [5, 5.41) is 13.1. The van der Waals surface area contributed by atoms with Crippen LogP contribution in [-0.4, -0.2) is 29.6 Å². The van der Waals surface area contributed by atoms with E-state index < -0.39 is 5.97 Å². The molecule has 0 unspecified atom stereocenters. The summed E-state index contributed by atoms with van der Waals surface area (Å²) in [7, 11) is 1.99. The Hall–Kier alpha value is -0.870. The molecule has 1 aliphatic rings. The van der Waals surface area contributed by atoms with Gasteiger partial charge in [0.2, 0.25) is 0 Å². The van der Waals surface area contributed by atoms with Gasteiger partial charge < -0.3 is 5.11 Å². The van der Waals surface area contributed by atoms with E-state index in [0.717, 1.165) is 6.42 Å². The average Bonchev–Trinajstić information content (AvgIpc) is 2.71. The molecule has 3 nitrogen and oxygen atoms in total. The monoisotopic (exact) mass is 211 g/mol. The second-order valence-electron chi connectivity index (χ2n) is 3.78. The molecule has 1 aromatic heterocycles. The van der Waals surface area contributed by atoms with Gasteiger partial charge in [-0.2, -0.15) is 11.3 Å². The lowest BCUT2D eigenvalue weighted by Gasteiger charge is -2.17. The van der Waals surface area contributed by atoms with Gasteiger partial charge in [0.1, 0.15) is 0 Å². The zero-order valence-electron chi connectivity index (χ0n) is 8.01. The molecule has 0 spiro atoms. The first-order valence-corrected chi connectivity index (χ1v) is 5.58. The van der Waals surface area contributed by atoms with Crippen LogP contribution >= 0.6 is 11.3 Å². The number of hydrogen-bond acceptors (Lipinski definition) is 3. The van der Waals surface area contributed by atoms with Crippen molar-refractivity contribution >= 4 is 17.3 Å². The maximum Gasteiger partial charge on any atom is 0.307 e. The van der Waals surface area contributed by atoms with E-state index in [4.69, 9.17) is 5.11 Å². The molecule has 0 aliphatic carbocycles. The van der Waals surface area contributed by atoms with Crippen molar-refractivity contribution in [3.05, 3.63) is 22.4 Å². The van der Waals surface area contributed by atoms with E-state index in [1.165, 1.54) is 5.56 Å². The Balaban J connectivity index is 2.12. The van der Waals surface area contributed by atoms with Crippen molar-refractivity contribution in [2.24, 2.45) is 5.92 Å². The fraction of sp³-hybridized carbons (Fsp3) is 0.500. The summed E-state index contributed by atoms with van der Waals surface area (Å²) in [6, 6.07) is 2.37. The molecule has 0 saturated carbocycles. The highest BCUT2D eigenvalue weighted by atomic mass is 32.1. The smallest absolute Gasteiger partial charge is 0.307 e. The fourth-order valence-electron chi connectivity index (χ4n) is 2.03. The molecule has 0 radical (unpaired) electrons. The summed E-state index contributed by atoms with van der Waals surface area (Å²) in [5.74, 6) is -0.875. The maximum absolute atomic E-state index is 10.8. The molecule has 76 valence electrons. The van der Waals surface area contributed by atoms with Crippen molar-refractivity contribution in [1.82, 2.24) is 4.90 Å². The minimum atomic E-state index is -0.672. The van der Waals surface area contributed by atoms with E-state index in [0.29, 0.717) is 12.6 Å². The highest BCUT2D eigenvalue weighted by Crippen LogP contribution is 2.34. The Bertz CT molecular complexity index is 323. The second-order valence-corrected chi connectivity index (χ2v) is 4.56. The molecule has 1 fully saturated rings. The summed E-state index contributed by atoms with van der Waals surface area (Å²) in [6.07, 6.45) is 0.739. The molecule has 2 atom stereocenters. The average molecular weight is 211 g/mol. The van der Waals surface area contributed by atoms with Crippen LogP contribution in [0, 0.1) is 5.92 Å². The summed E-state index contributed by atoms with van der Waals surface area (Å²) < 4.78 is 0. The first-order chi connectivity index (χ1) is 6.68. The van der Waals surface area contributed by atoms with Crippen LogP contribution in [0.25, 0.3) is 0 Å². The molecule has 1 aliphatic heterocycles. The van der Waals surface area contributed by atoms with Crippen LogP contribution in [0.3, 0.4) is 0 Å². The minimum absolute atomic E-state index is 0.204. The second kappa shape index (κ2) is 3.71. The van der Waals surface area contributed by atoms with Gasteiger partial charge in [0.05, 0.1) is 5.92 Å². The molecule has 0 aromatic carbocycles. The third-order valence-electron chi connectivity index (χ3n) is 2.83. The van der Waals surface area contributed by atoms with Crippen LogP contribution in [0.1, 0.15) is 18.0 Å². The van der Waals surface area contributed by atoms with E-state index in [2.05, 4.69) is 16.3 Å². The van der Waals surface area contributed by atoms with Crippen molar-refractivity contribution in [3.63, 3.8) is 0 Å². The Morgan fingerprint density at radius 2 is 2.50 bits per heavy atom. The van der Waals surface area contributed by atoms with Crippen molar-refractivity contribution in [2.45, 2.75) is 12.5 Å². The van der Waals surface area contributed by atoms with Crippen LogP contribution in [0.2, 0.25) is 0 Å². The standard InChI is InChI=1S/C10H13NO2S/c1-11-5-8(10(12)13)4-9(11)7-2-3-14-6-7/h2-3,6,8-9H,4-5H2,1H3,(H,12,13)/t8-,9+/m0/s1. The van der Waals surface area contributed by atoms with Crippen molar-refractivity contribution in [1.29, 1.82) is 0 Å². The molecule has 4 heteroatoms. The first-order valence-electron chi connectivity index (χ1n) is 4.63. The largest absolute Gasteiger partial charge is 0.481 e. The molecular weight excluding hydrogens is 198 g/mol. The van der Waals surface area contributed by atoms with Crippen LogP contribution < -0.4 is 0 Å². The van der Waals surface area contributed by atoms with Crippen molar-refractivity contribution in [2.75, 3.05) is 13.6 Å². The van der Waals surface area contributed by atoms with Crippen LogP contribution in [0.4, 0.5) is 0 Å². The van der Waals surface area contributed by atoms with E-state index in [9.17, 15) is 4.79 Å². The number of likely N-dealkylation sites (tertiary alicyclic amines) is 1. The topological polar surface area (TPSA) is 40.5 Å². The van der Waals surface area contributed by atoms with Gasteiger partial charge in [-0.15, -0.1) is 0 Å². The third kappa shape index (κ3) is 1.67. The summed E-state index contributed by atoms with van der Waals surface area (Å²) >= 11 is 1.66. The Labute approximate surface area is 87.0 Å². The van der Waals surface area contributed by atoms with Gasteiger partial charge in [-0.1, -0.05) is 0 Å². The molecule has 1 N–H and O–H groups in total. The molecule has 0 bridgehead atoms. The van der Waals surface area contributed by atoms with E-state index in [1.54, 1.807) is 11.3 Å². The quantitative estimate of drug-likeness (QED) is 0.811. The highest BCUT2D eigenvalue weighted by Gasteiger charge is 2.34. The molecular formula is C10H13NO2S. The predicted octanol–water partition coefficient (Wildman–Crippen LogP) is 1.83. The minimum Gasteiger partial charge on any atom is -0.481 e. The van der Waals surface area contributed by atoms with Gasteiger partial charge >= 0.3 is 5.97 Å². The Morgan fingerprint density at radius 3 is 3.00 bits per heavy atom. The zero-order chi connectivity index (χ0) is 10.1. The van der Waals surface area contributed by atoms with Gasteiger partial charge in [-0.05, 0) is 35.9 Å². The van der Waals surface area contributed by atoms with Crippen molar-refractivity contribution in [3.8, 4) is 0 Å². The summed E-state index contributed by atoms with van der Waals surface area (Å²) in [6.45, 7) is 0.663. The van der Waals surface area contributed by atoms with Crippen molar-refractivity contribution < 1.29 is 9.90 Å². The lowest BCUT2D eigenvalue weighted by atomic mass is 10.0. The number of aliphatic carboxylic acids is 1. The number of carbonyl (C=O) groups is 1. The predicted molar refractivity (Wildman–Crippen MR) is 55.4 cm³/mol. The van der Waals surface area contributed by atoms with E-state index in [1.807, 2.05) is 12.4 Å². The number of thiophene rings is 1. The molecule has 1 aromatic rings. The van der Waals surface area contributed by atoms with Crippen LogP contribution in [0.5, 0.6) is 0 Å². The van der Waals surface area contributed by atoms with E-state index >= 15 is 0 Å². The van der Waals surface area contributed by atoms with Gasteiger partial charge in [0.15, 0.2) is 0 Å². The van der Waals surface area contributed by atoms with Crippen LogP contribution in [0.15, 0.2) is 16.8 Å². The third-order valence-corrected chi connectivity index (χ3v) is 3.53. The Morgan fingerprint density at radius 1 is 1.71 bits per heavy atom. The van der Waals surface area contributed by atoms with Crippen LogP contribution in [-0.2, 0) is 4.79 Å². The zero-order valence-corrected chi connectivity index (χ0v) is 8.83. The number of rotatable bonds is 2. The Kier molecular flexibility index (Phi) is 2.56. The molecule has 14 heavy (non-hydrogen) atoms. The van der Waals surface area contributed by atoms with E-state index in [-0.39, 0.29) is 5.92 Å². The summed E-state index contributed by atoms with van der Waals surface area (Å²) in [4.78, 5) is 13.0. The molecule has 2 rings (SSSR count). The highest BCUT2D eigenvalue weighted by molar-refractivity contribution is 7.07. The van der Waals surface area contributed by atoms with Gasteiger partial charge in [-0.3, -0.25) is 9.69 Å².